The first kappa shape index (κ1) is 18.1. The van der Waals surface area contributed by atoms with Gasteiger partial charge in [-0.3, -0.25) is 4.79 Å². The highest BCUT2D eigenvalue weighted by Crippen LogP contribution is 2.26. The van der Waals surface area contributed by atoms with Crippen LogP contribution in [0.25, 0.3) is 21.8 Å². The number of carbonyl (C=O) groups excluding carboxylic acids is 1. The number of pyridine rings is 1. The summed E-state index contributed by atoms with van der Waals surface area (Å²) < 4.78 is 9.24. The molecule has 0 atom stereocenters. The van der Waals surface area contributed by atoms with Gasteiger partial charge in [-0.25, -0.2) is 0 Å². The first-order valence-electron chi connectivity index (χ1n) is 8.21. The van der Waals surface area contributed by atoms with Crippen LogP contribution in [0.1, 0.15) is 10.4 Å². The first-order valence-corrected chi connectivity index (χ1v) is 8.21. The van der Waals surface area contributed by atoms with E-state index in [0.717, 1.165) is 11.3 Å². The Morgan fingerprint density at radius 2 is 1.69 bits per heavy atom. The van der Waals surface area contributed by atoms with Gasteiger partial charge in [0.15, 0.2) is 12.4 Å². The van der Waals surface area contributed by atoms with E-state index in [1.807, 2.05) is 35.2 Å². The van der Waals surface area contributed by atoms with Crippen LogP contribution in [0.2, 0.25) is 0 Å². The molecule has 2 heterocycles. The number of ether oxygens (including phenoxy) is 1. The number of ketones is 1. The zero-order chi connectivity index (χ0) is 17.4. The van der Waals surface area contributed by atoms with Crippen LogP contribution in [-0.4, -0.2) is 17.5 Å². The Bertz CT molecular complexity index is 1080. The normalized spacial score (nSPS) is 10.7. The number of Topliss-reactive ketones (excluding diaryl/α,β-unsaturated/α-hetero) is 1. The number of fused-ring (bicyclic) bond motifs is 3. The lowest BCUT2D eigenvalue weighted by atomic mass is 10.1. The van der Waals surface area contributed by atoms with Crippen LogP contribution in [0.4, 0.5) is 0 Å². The number of rotatable bonds is 4. The number of nitrogens with zero attached hydrogens (tertiary/aromatic N) is 2. The van der Waals surface area contributed by atoms with Crippen LogP contribution < -0.4 is 26.3 Å². The number of halogens is 1. The number of carbonyl (C=O) groups is 1. The quantitative estimate of drug-likeness (QED) is 0.363. The summed E-state index contributed by atoms with van der Waals surface area (Å²) in [4.78, 5) is 12.5. The number of methoxy groups -OCH3 is 1. The predicted octanol–water partition coefficient (Wildman–Crippen LogP) is 0.514. The van der Waals surface area contributed by atoms with Gasteiger partial charge in [-0.1, -0.05) is 18.2 Å². The topological polar surface area (TPSA) is 35.1 Å². The molecular weight excluding hydrogens is 392 g/mol. The first-order chi connectivity index (χ1) is 12.2. The molecule has 132 valence electrons. The molecule has 5 heteroatoms. The number of para-hydroxylation sites is 1. The van der Waals surface area contributed by atoms with Crippen LogP contribution in [0.5, 0.6) is 5.75 Å². The molecule has 26 heavy (non-hydrogen) atoms. The average molecular weight is 411 g/mol. The van der Waals surface area contributed by atoms with Gasteiger partial charge in [-0.15, -0.1) is 0 Å². The number of hydrogen-bond acceptors (Lipinski definition) is 2. The monoisotopic (exact) mass is 410 g/mol. The summed E-state index contributed by atoms with van der Waals surface area (Å²) in [6.45, 7) is 0.309. The summed E-state index contributed by atoms with van der Waals surface area (Å²) in [7, 11) is 3.67. The Morgan fingerprint density at radius 1 is 1.00 bits per heavy atom. The van der Waals surface area contributed by atoms with E-state index in [9.17, 15) is 4.79 Å². The van der Waals surface area contributed by atoms with Crippen molar-refractivity contribution in [3.05, 3.63) is 72.6 Å². The molecule has 2 aromatic carbocycles. The van der Waals surface area contributed by atoms with Gasteiger partial charge in [-0.05, 0) is 30.3 Å². The second-order valence-electron chi connectivity index (χ2n) is 6.14. The second-order valence-corrected chi connectivity index (χ2v) is 6.14. The standard InChI is InChI=1S/C21H19N2O2.BrH/c1-22-19-6-4-3-5-17(19)18-11-12-23(13-20(18)22)14-21(24)15-7-9-16(25-2)10-8-15;/h3-13H,14H2,1-2H3;1H/q+1;/p-1. The Kier molecular flexibility index (Phi) is 5.09. The zero-order valence-corrected chi connectivity index (χ0v) is 16.2. The predicted molar refractivity (Wildman–Crippen MR) is 97.9 cm³/mol. The van der Waals surface area contributed by atoms with Gasteiger partial charge in [0.25, 0.3) is 0 Å². The molecule has 0 unspecified atom stereocenters. The van der Waals surface area contributed by atoms with E-state index in [2.05, 4.69) is 35.9 Å². The lowest BCUT2D eigenvalue weighted by molar-refractivity contribution is -0.682. The fraction of sp³-hybridized carbons (Fsp3) is 0.143. The molecule has 0 fully saturated rings. The van der Waals surface area contributed by atoms with Crippen molar-refractivity contribution in [3.8, 4) is 5.75 Å². The van der Waals surface area contributed by atoms with Gasteiger partial charge >= 0.3 is 0 Å². The molecule has 2 aromatic heterocycles. The molecule has 0 saturated heterocycles. The molecular formula is C21H19BrN2O2. The molecule has 0 aliphatic carbocycles. The van der Waals surface area contributed by atoms with Crippen LogP contribution >= 0.6 is 0 Å². The van der Waals surface area contributed by atoms with Gasteiger partial charge in [0.1, 0.15) is 11.3 Å². The molecule has 4 rings (SSSR count). The van der Waals surface area contributed by atoms with Gasteiger partial charge < -0.3 is 26.3 Å². The van der Waals surface area contributed by atoms with E-state index in [4.69, 9.17) is 4.74 Å². The summed E-state index contributed by atoms with van der Waals surface area (Å²) >= 11 is 0. The highest BCUT2D eigenvalue weighted by Gasteiger charge is 2.15. The maximum Gasteiger partial charge on any atom is 0.227 e. The van der Waals surface area contributed by atoms with Crippen molar-refractivity contribution >= 4 is 27.6 Å². The third kappa shape index (κ3) is 3.10. The largest absolute Gasteiger partial charge is 1.00 e. The van der Waals surface area contributed by atoms with Crippen LogP contribution in [0, 0.1) is 0 Å². The van der Waals surface area contributed by atoms with E-state index < -0.39 is 0 Å². The van der Waals surface area contributed by atoms with E-state index in [1.54, 1.807) is 19.2 Å². The van der Waals surface area contributed by atoms with Crippen molar-refractivity contribution in [2.45, 2.75) is 6.54 Å². The summed E-state index contributed by atoms with van der Waals surface area (Å²) in [6.07, 6.45) is 4.01. The fourth-order valence-electron chi connectivity index (χ4n) is 3.28. The van der Waals surface area contributed by atoms with Gasteiger partial charge in [-0.2, -0.15) is 4.57 Å². The van der Waals surface area contributed by atoms with Crippen molar-refractivity contribution in [2.24, 2.45) is 7.05 Å². The Balaban J connectivity index is 0.00000196. The van der Waals surface area contributed by atoms with E-state index in [0.29, 0.717) is 12.1 Å². The zero-order valence-electron chi connectivity index (χ0n) is 14.6. The van der Waals surface area contributed by atoms with E-state index in [1.165, 1.54) is 16.3 Å². The van der Waals surface area contributed by atoms with Crippen molar-refractivity contribution in [2.75, 3.05) is 7.11 Å². The number of aryl methyl sites for hydroxylation is 1. The highest BCUT2D eigenvalue weighted by molar-refractivity contribution is 6.07. The summed E-state index contributed by atoms with van der Waals surface area (Å²) in [5.41, 5.74) is 2.99. The minimum Gasteiger partial charge on any atom is -1.00 e. The summed E-state index contributed by atoms with van der Waals surface area (Å²) in [5, 5.41) is 2.43. The van der Waals surface area contributed by atoms with Crippen molar-refractivity contribution in [3.63, 3.8) is 0 Å². The fourth-order valence-corrected chi connectivity index (χ4v) is 3.28. The molecule has 0 bridgehead atoms. The summed E-state index contributed by atoms with van der Waals surface area (Å²) in [6, 6.07) is 17.6. The number of aromatic nitrogens is 2. The lowest BCUT2D eigenvalue weighted by Gasteiger charge is -2.02. The van der Waals surface area contributed by atoms with Gasteiger partial charge in [0.2, 0.25) is 12.3 Å². The third-order valence-electron chi connectivity index (χ3n) is 4.65. The maximum atomic E-state index is 12.5. The Morgan fingerprint density at radius 3 is 2.42 bits per heavy atom. The minimum absolute atomic E-state index is 0. The summed E-state index contributed by atoms with van der Waals surface area (Å²) in [5.74, 6) is 0.826. The third-order valence-corrected chi connectivity index (χ3v) is 4.65. The molecule has 0 radical (unpaired) electrons. The molecule has 0 aliphatic rings. The molecule has 0 saturated carbocycles. The smallest absolute Gasteiger partial charge is 0.227 e. The van der Waals surface area contributed by atoms with Gasteiger partial charge in [0.05, 0.1) is 7.11 Å². The van der Waals surface area contributed by atoms with Crippen LogP contribution in [-0.2, 0) is 13.6 Å². The minimum atomic E-state index is 0. The average Bonchev–Trinajstić information content (AvgIpc) is 2.94. The SMILES string of the molecule is COc1ccc(C(=O)C[n+]2ccc3c4ccccc4n(C)c3c2)cc1.[Br-]. The molecule has 0 spiro atoms. The van der Waals surface area contributed by atoms with Gasteiger partial charge in [0, 0.05) is 35.0 Å². The Labute approximate surface area is 162 Å². The maximum absolute atomic E-state index is 12.5. The molecule has 4 nitrogen and oxygen atoms in total. The van der Waals surface area contributed by atoms with Crippen LogP contribution in [0.3, 0.4) is 0 Å². The number of hydrogen-bond donors (Lipinski definition) is 0. The second kappa shape index (κ2) is 7.30. The molecule has 0 aliphatic heterocycles. The number of benzene rings is 2. The lowest BCUT2D eigenvalue weighted by Crippen LogP contribution is -3.00. The molecule has 4 aromatic rings. The highest BCUT2D eigenvalue weighted by atomic mass is 79.9. The van der Waals surface area contributed by atoms with Crippen molar-refractivity contribution < 1.29 is 31.1 Å². The van der Waals surface area contributed by atoms with E-state index >= 15 is 0 Å². The van der Waals surface area contributed by atoms with Crippen molar-refractivity contribution in [1.82, 2.24) is 4.57 Å². The van der Waals surface area contributed by atoms with Crippen LogP contribution in [0.15, 0.2) is 67.0 Å². The van der Waals surface area contributed by atoms with E-state index in [-0.39, 0.29) is 22.8 Å². The molecule has 0 N–H and O–H groups in total. The van der Waals surface area contributed by atoms with Crippen molar-refractivity contribution in [1.29, 1.82) is 0 Å². The Hall–Kier alpha value is -2.66. The molecule has 0 amide bonds.